The van der Waals surface area contributed by atoms with Gasteiger partial charge in [0.15, 0.2) is 0 Å². The fourth-order valence-corrected chi connectivity index (χ4v) is 2.36. The van der Waals surface area contributed by atoms with Crippen LogP contribution in [0.3, 0.4) is 0 Å². The Balaban J connectivity index is 2.48. The van der Waals surface area contributed by atoms with E-state index in [0.717, 1.165) is 19.5 Å². The molecule has 1 rings (SSSR count). The third kappa shape index (κ3) is 3.44. The second-order valence-corrected chi connectivity index (χ2v) is 4.97. The molecular weight excluding hydrogens is 188 g/mol. The Labute approximate surface area is 94.1 Å². The Morgan fingerprint density at radius 3 is 2.67 bits per heavy atom. The summed E-state index contributed by atoms with van der Waals surface area (Å²) in [6, 6.07) is 0.961. The average molecular weight is 214 g/mol. The van der Waals surface area contributed by atoms with Crippen molar-refractivity contribution in [2.24, 2.45) is 0 Å². The van der Waals surface area contributed by atoms with Crippen LogP contribution in [0.4, 0.5) is 0 Å². The Morgan fingerprint density at radius 2 is 2.13 bits per heavy atom. The van der Waals surface area contributed by atoms with Crippen molar-refractivity contribution in [2.75, 3.05) is 27.2 Å². The monoisotopic (exact) mass is 214 g/mol. The van der Waals surface area contributed by atoms with Gasteiger partial charge in [-0.3, -0.25) is 4.90 Å². The lowest BCUT2D eigenvalue weighted by Gasteiger charge is -2.40. The molecule has 0 aromatic heterocycles. The molecule has 90 valence electrons. The first-order valence-electron chi connectivity index (χ1n) is 6.14. The average Bonchev–Trinajstić information content (AvgIpc) is 2.27. The van der Waals surface area contributed by atoms with Crippen molar-refractivity contribution in [1.29, 1.82) is 0 Å². The summed E-state index contributed by atoms with van der Waals surface area (Å²) in [5.74, 6) is 0. The van der Waals surface area contributed by atoms with Crippen LogP contribution in [0.5, 0.6) is 0 Å². The van der Waals surface area contributed by atoms with Crippen molar-refractivity contribution in [1.82, 2.24) is 9.80 Å². The highest BCUT2D eigenvalue weighted by atomic mass is 16.3. The van der Waals surface area contributed by atoms with Crippen molar-refractivity contribution < 1.29 is 5.11 Å². The Hall–Kier alpha value is -0.120. The SMILES string of the molecule is CCC(O)C(C)N1CCCC(N(C)C)C1. The highest BCUT2D eigenvalue weighted by Gasteiger charge is 2.27. The molecule has 1 N–H and O–H groups in total. The van der Waals surface area contributed by atoms with E-state index in [4.69, 9.17) is 0 Å². The Kier molecular flexibility index (Phi) is 5.03. The van der Waals surface area contributed by atoms with E-state index < -0.39 is 0 Å². The van der Waals surface area contributed by atoms with Crippen LogP contribution in [0.25, 0.3) is 0 Å². The van der Waals surface area contributed by atoms with Crippen LogP contribution in [0.2, 0.25) is 0 Å². The van der Waals surface area contributed by atoms with Gasteiger partial charge in [-0.15, -0.1) is 0 Å². The number of hydrogen-bond donors (Lipinski definition) is 1. The van der Waals surface area contributed by atoms with Crippen LogP contribution in [-0.4, -0.2) is 60.3 Å². The van der Waals surface area contributed by atoms with Crippen LogP contribution in [-0.2, 0) is 0 Å². The molecule has 0 amide bonds. The lowest BCUT2D eigenvalue weighted by molar-refractivity contribution is 0.0246. The molecule has 0 aromatic rings. The van der Waals surface area contributed by atoms with Gasteiger partial charge in [-0.05, 0) is 46.8 Å². The van der Waals surface area contributed by atoms with Crippen LogP contribution in [0.15, 0.2) is 0 Å². The van der Waals surface area contributed by atoms with E-state index in [1.165, 1.54) is 12.8 Å². The molecule has 1 aliphatic rings. The van der Waals surface area contributed by atoms with Crippen LogP contribution in [0, 0.1) is 0 Å². The van der Waals surface area contributed by atoms with Crippen LogP contribution in [0.1, 0.15) is 33.1 Å². The van der Waals surface area contributed by atoms with Gasteiger partial charge in [-0.25, -0.2) is 0 Å². The van der Waals surface area contributed by atoms with Gasteiger partial charge >= 0.3 is 0 Å². The molecule has 3 nitrogen and oxygen atoms in total. The number of aliphatic hydroxyl groups excluding tert-OH is 1. The molecule has 1 heterocycles. The van der Waals surface area contributed by atoms with E-state index in [-0.39, 0.29) is 6.10 Å². The van der Waals surface area contributed by atoms with Gasteiger partial charge < -0.3 is 10.0 Å². The van der Waals surface area contributed by atoms with Crippen molar-refractivity contribution in [3.63, 3.8) is 0 Å². The van der Waals surface area contributed by atoms with Crippen LogP contribution >= 0.6 is 0 Å². The summed E-state index contributed by atoms with van der Waals surface area (Å²) in [6.45, 7) is 6.44. The van der Waals surface area contributed by atoms with E-state index in [0.29, 0.717) is 12.1 Å². The third-order valence-corrected chi connectivity index (χ3v) is 3.71. The molecule has 1 saturated heterocycles. The number of piperidine rings is 1. The van der Waals surface area contributed by atoms with Gasteiger partial charge in [-0.1, -0.05) is 6.92 Å². The van der Waals surface area contributed by atoms with E-state index >= 15 is 0 Å². The van der Waals surface area contributed by atoms with Gasteiger partial charge in [0.05, 0.1) is 6.10 Å². The molecule has 0 aromatic carbocycles. The number of rotatable bonds is 4. The van der Waals surface area contributed by atoms with E-state index in [1.54, 1.807) is 0 Å². The van der Waals surface area contributed by atoms with Gasteiger partial charge in [0, 0.05) is 18.6 Å². The molecular formula is C12H26N2O. The number of likely N-dealkylation sites (N-methyl/N-ethyl adjacent to an activating group) is 1. The summed E-state index contributed by atoms with van der Waals surface area (Å²) < 4.78 is 0. The predicted octanol–water partition coefficient (Wildman–Crippen LogP) is 1.17. The third-order valence-electron chi connectivity index (χ3n) is 3.71. The largest absolute Gasteiger partial charge is 0.392 e. The first-order chi connectivity index (χ1) is 7.06. The zero-order valence-corrected chi connectivity index (χ0v) is 10.6. The standard InChI is InChI=1S/C12H26N2O/c1-5-12(15)10(2)14-8-6-7-11(9-14)13(3)4/h10-12,15H,5-9H2,1-4H3. The molecule has 0 aliphatic carbocycles. The topological polar surface area (TPSA) is 26.7 Å². The molecule has 0 radical (unpaired) electrons. The number of aliphatic hydroxyl groups is 1. The molecule has 15 heavy (non-hydrogen) atoms. The van der Waals surface area contributed by atoms with Crippen molar-refractivity contribution in [3.05, 3.63) is 0 Å². The van der Waals surface area contributed by atoms with E-state index in [1.807, 2.05) is 0 Å². The summed E-state index contributed by atoms with van der Waals surface area (Å²) in [5, 5.41) is 9.85. The maximum Gasteiger partial charge on any atom is 0.0690 e. The first-order valence-corrected chi connectivity index (χ1v) is 6.14. The van der Waals surface area contributed by atoms with Crippen molar-refractivity contribution in [2.45, 2.75) is 51.3 Å². The molecule has 3 atom stereocenters. The van der Waals surface area contributed by atoms with Gasteiger partial charge in [0.1, 0.15) is 0 Å². The van der Waals surface area contributed by atoms with Crippen LogP contribution < -0.4 is 0 Å². The smallest absolute Gasteiger partial charge is 0.0690 e. The lowest BCUT2D eigenvalue weighted by atomic mass is 10.0. The zero-order chi connectivity index (χ0) is 11.4. The number of likely N-dealkylation sites (tertiary alicyclic amines) is 1. The van der Waals surface area contributed by atoms with E-state index in [2.05, 4.69) is 37.7 Å². The normalized spacial score (nSPS) is 28.0. The van der Waals surface area contributed by atoms with Crippen molar-refractivity contribution >= 4 is 0 Å². The maximum absolute atomic E-state index is 9.85. The zero-order valence-electron chi connectivity index (χ0n) is 10.6. The maximum atomic E-state index is 9.85. The molecule has 0 saturated carbocycles. The second kappa shape index (κ2) is 5.83. The summed E-state index contributed by atoms with van der Waals surface area (Å²) >= 11 is 0. The molecule has 3 heteroatoms. The minimum Gasteiger partial charge on any atom is -0.392 e. The summed E-state index contributed by atoms with van der Waals surface area (Å²) in [7, 11) is 4.30. The molecule has 1 aliphatic heterocycles. The fourth-order valence-electron chi connectivity index (χ4n) is 2.36. The minimum atomic E-state index is -0.175. The Morgan fingerprint density at radius 1 is 1.47 bits per heavy atom. The summed E-state index contributed by atoms with van der Waals surface area (Å²) in [6.07, 6.45) is 3.22. The van der Waals surface area contributed by atoms with Gasteiger partial charge in [0.25, 0.3) is 0 Å². The van der Waals surface area contributed by atoms with Crippen molar-refractivity contribution in [3.8, 4) is 0 Å². The Bertz CT molecular complexity index is 184. The predicted molar refractivity (Wildman–Crippen MR) is 64.0 cm³/mol. The molecule has 0 spiro atoms. The van der Waals surface area contributed by atoms with Gasteiger partial charge in [0.2, 0.25) is 0 Å². The molecule has 3 unspecified atom stereocenters. The lowest BCUT2D eigenvalue weighted by Crippen LogP contribution is -2.51. The number of nitrogens with zero attached hydrogens (tertiary/aromatic N) is 2. The highest BCUT2D eigenvalue weighted by Crippen LogP contribution is 2.18. The molecule has 0 bridgehead atoms. The quantitative estimate of drug-likeness (QED) is 0.761. The first kappa shape index (κ1) is 12.9. The van der Waals surface area contributed by atoms with Gasteiger partial charge in [-0.2, -0.15) is 0 Å². The summed E-state index contributed by atoms with van der Waals surface area (Å²) in [5.41, 5.74) is 0. The second-order valence-electron chi connectivity index (χ2n) is 4.97. The number of hydrogen-bond acceptors (Lipinski definition) is 3. The summed E-state index contributed by atoms with van der Waals surface area (Å²) in [4.78, 5) is 4.74. The fraction of sp³-hybridized carbons (Fsp3) is 1.00. The highest BCUT2D eigenvalue weighted by molar-refractivity contribution is 4.83. The molecule has 1 fully saturated rings. The van der Waals surface area contributed by atoms with E-state index in [9.17, 15) is 5.11 Å². The minimum absolute atomic E-state index is 0.175.